The van der Waals surface area contributed by atoms with Crippen molar-refractivity contribution in [3.8, 4) is 0 Å². The molecule has 5 nitrogen and oxygen atoms in total. The molecule has 0 aliphatic heterocycles. The Morgan fingerprint density at radius 2 is 2.07 bits per heavy atom. The van der Waals surface area contributed by atoms with Crippen LogP contribution >= 0.6 is 0 Å². The second-order valence-corrected chi connectivity index (χ2v) is 2.22. The predicted octanol–water partition coefficient (Wildman–Crippen LogP) is 1.21. The maximum atomic E-state index is 11.9. The fourth-order valence-corrected chi connectivity index (χ4v) is 0.635. The molecule has 1 rings (SSSR count). The monoisotopic (exact) mass is 206 g/mol. The van der Waals surface area contributed by atoms with Gasteiger partial charge in [0.05, 0.1) is 6.20 Å². The van der Waals surface area contributed by atoms with E-state index in [2.05, 4.69) is 9.97 Å². The number of nitrogens with one attached hydrogen (secondary N) is 1. The summed E-state index contributed by atoms with van der Waals surface area (Å²) in [7, 11) is 0. The third kappa shape index (κ3) is 2.16. The van der Waals surface area contributed by atoms with E-state index in [-0.39, 0.29) is 5.06 Å². The molecule has 0 aromatic carbocycles. The molecule has 1 heterocycles. The van der Waals surface area contributed by atoms with Crippen molar-refractivity contribution in [3.05, 3.63) is 18.6 Å². The van der Waals surface area contributed by atoms with Crippen molar-refractivity contribution >= 4 is 11.7 Å². The van der Waals surface area contributed by atoms with Crippen LogP contribution in [0.1, 0.15) is 0 Å². The van der Waals surface area contributed by atoms with E-state index in [0.29, 0.717) is 0 Å². The highest BCUT2D eigenvalue weighted by Gasteiger charge is 2.39. The Labute approximate surface area is 76.3 Å². The second kappa shape index (κ2) is 3.58. The lowest BCUT2D eigenvalue weighted by Gasteiger charge is -2.17. The maximum Gasteiger partial charge on any atom is 0.451 e. The first-order valence-corrected chi connectivity index (χ1v) is 3.33. The number of hydrogen-bond acceptors (Lipinski definition) is 4. The third-order valence-corrected chi connectivity index (χ3v) is 1.25. The first-order valence-electron chi connectivity index (χ1n) is 3.33. The zero-order valence-electron chi connectivity index (χ0n) is 6.65. The van der Waals surface area contributed by atoms with Gasteiger partial charge in [0.1, 0.15) is 0 Å². The van der Waals surface area contributed by atoms with Crippen molar-refractivity contribution in [2.45, 2.75) is 6.18 Å². The molecule has 76 valence electrons. The molecular weight excluding hydrogens is 201 g/mol. The van der Waals surface area contributed by atoms with Crippen LogP contribution in [-0.2, 0) is 0 Å². The van der Waals surface area contributed by atoms with Crippen molar-refractivity contribution in [1.29, 1.82) is 5.41 Å². The van der Waals surface area contributed by atoms with Gasteiger partial charge >= 0.3 is 6.18 Å². The molecule has 0 radical (unpaired) electrons. The number of alkyl halides is 3. The number of hydroxylamine groups is 1. The Bertz CT molecular complexity index is 326. The van der Waals surface area contributed by atoms with E-state index in [1.54, 1.807) is 0 Å². The molecule has 0 aliphatic carbocycles. The average Bonchev–Trinajstić information content (AvgIpc) is 2.15. The van der Waals surface area contributed by atoms with Crippen molar-refractivity contribution in [2.24, 2.45) is 0 Å². The van der Waals surface area contributed by atoms with Crippen molar-refractivity contribution in [2.75, 3.05) is 5.06 Å². The lowest BCUT2D eigenvalue weighted by Crippen LogP contribution is -2.38. The maximum absolute atomic E-state index is 11.9. The van der Waals surface area contributed by atoms with Crippen molar-refractivity contribution in [1.82, 2.24) is 9.97 Å². The van der Waals surface area contributed by atoms with Gasteiger partial charge < -0.3 is 0 Å². The topological polar surface area (TPSA) is 73.1 Å². The summed E-state index contributed by atoms with van der Waals surface area (Å²) in [6.45, 7) is 0. The van der Waals surface area contributed by atoms with E-state index < -0.39 is 17.8 Å². The lowest BCUT2D eigenvalue weighted by atomic mass is 10.5. The van der Waals surface area contributed by atoms with Gasteiger partial charge in [-0.05, 0) is 0 Å². The molecule has 8 heteroatoms. The number of hydrogen-bond donors (Lipinski definition) is 2. The highest BCUT2D eigenvalue weighted by molar-refractivity contribution is 5.96. The number of anilines is 1. The van der Waals surface area contributed by atoms with Gasteiger partial charge in [-0.2, -0.15) is 18.2 Å². The number of aromatic nitrogens is 2. The van der Waals surface area contributed by atoms with Gasteiger partial charge in [-0.25, -0.2) is 4.98 Å². The van der Waals surface area contributed by atoms with E-state index in [0.717, 1.165) is 12.4 Å². The van der Waals surface area contributed by atoms with Gasteiger partial charge in [-0.15, -0.1) is 0 Å². The number of halogens is 3. The van der Waals surface area contributed by atoms with Gasteiger partial charge in [-0.1, -0.05) is 0 Å². The van der Waals surface area contributed by atoms with Crippen molar-refractivity contribution in [3.63, 3.8) is 0 Å². The molecule has 0 atom stereocenters. The minimum absolute atomic E-state index is 0.382. The molecule has 0 aliphatic rings. The smallest absolute Gasteiger partial charge is 0.281 e. The van der Waals surface area contributed by atoms with E-state index in [9.17, 15) is 13.2 Å². The number of rotatable bonds is 1. The van der Waals surface area contributed by atoms with E-state index in [1.165, 1.54) is 6.20 Å². The molecule has 1 aromatic rings. The highest BCUT2D eigenvalue weighted by Crippen LogP contribution is 2.20. The molecule has 14 heavy (non-hydrogen) atoms. The molecule has 0 saturated heterocycles. The van der Waals surface area contributed by atoms with Gasteiger partial charge in [0.25, 0.3) is 0 Å². The first-order chi connectivity index (χ1) is 6.43. The highest BCUT2D eigenvalue weighted by atomic mass is 19.4. The largest absolute Gasteiger partial charge is 0.451 e. The molecule has 0 bridgehead atoms. The van der Waals surface area contributed by atoms with Crippen LogP contribution in [0.4, 0.5) is 19.0 Å². The molecule has 1 aromatic heterocycles. The Morgan fingerprint density at radius 1 is 1.43 bits per heavy atom. The molecule has 0 unspecified atom stereocenters. The van der Waals surface area contributed by atoms with Crippen LogP contribution < -0.4 is 5.06 Å². The first kappa shape index (κ1) is 10.4. The van der Waals surface area contributed by atoms with E-state index in [1.807, 2.05) is 0 Å². The quantitative estimate of drug-likeness (QED) is 0.411. The summed E-state index contributed by atoms with van der Waals surface area (Å²) in [6, 6.07) is 0. The minimum Gasteiger partial charge on any atom is -0.281 e. The van der Waals surface area contributed by atoms with Gasteiger partial charge in [0.2, 0.25) is 5.84 Å². The van der Waals surface area contributed by atoms with E-state index in [4.69, 9.17) is 10.6 Å². The van der Waals surface area contributed by atoms with Crippen molar-refractivity contribution < 1.29 is 18.4 Å². The Morgan fingerprint density at radius 3 is 2.50 bits per heavy atom. The van der Waals surface area contributed by atoms with Crippen LogP contribution in [0.3, 0.4) is 0 Å². The standard InChI is InChI=1S/C6H5F3N4O/c7-6(8,9)5(10)13(14)4-3-11-1-2-12-4/h1-3,10,14H. The second-order valence-electron chi connectivity index (χ2n) is 2.22. The average molecular weight is 206 g/mol. The number of nitrogens with zero attached hydrogens (tertiary/aromatic N) is 3. The van der Waals surface area contributed by atoms with Crippen LogP contribution in [0.15, 0.2) is 18.6 Å². The Hall–Kier alpha value is -1.70. The van der Waals surface area contributed by atoms with Crippen LogP contribution in [0.2, 0.25) is 0 Å². The zero-order chi connectivity index (χ0) is 10.8. The van der Waals surface area contributed by atoms with Crippen LogP contribution in [0.25, 0.3) is 0 Å². The van der Waals surface area contributed by atoms with Gasteiger partial charge in [0.15, 0.2) is 5.82 Å². The minimum atomic E-state index is -4.92. The lowest BCUT2D eigenvalue weighted by molar-refractivity contribution is -0.0646. The van der Waals surface area contributed by atoms with Crippen LogP contribution in [0.5, 0.6) is 0 Å². The molecule has 2 N–H and O–H groups in total. The fourth-order valence-electron chi connectivity index (χ4n) is 0.635. The molecular formula is C6H5F3N4O. The molecule has 0 spiro atoms. The summed E-state index contributed by atoms with van der Waals surface area (Å²) >= 11 is 0. The summed E-state index contributed by atoms with van der Waals surface area (Å²) in [5.41, 5.74) is 0. The molecule has 0 amide bonds. The summed E-state index contributed by atoms with van der Waals surface area (Å²) < 4.78 is 35.7. The summed E-state index contributed by atoms with van der Waals surface area (Å²) in [6.07, 6.45) is -1.69. The summed E-state index contributed by atoms with van der Waals surface area (Å²) in [5.74, 6) is -2.38. The SMILES string of the molecule is N=C(N(O)c1cnccn1)C(F)(F)F. The van der Waals surface area contributed by atoms with Crippen LogP contribution in [-0.4, -0.2) is 27.2 Å². The molecule has 0 fully saturated rings. The Balaban J connectivity index is 2.87. The molecule has 0 saturated carbocycles. The number of amidine groups is 1. The Kier molecular flexibility index (Phi) is 2.65. The van der Waals surface area contributed by atoms with Gasteiger partial charge in [0, 0.05) is 12.4 Å². The zero-order valence-corrected chi connectivity index (χ0v) is 6.65. The predicted molar refractivity (Wildman–Crippen MR) is 40.1 cm³/mol. The summed E-state index contributed by atoms with van der Waals surface area (Å²) in [5, 5.41) is 15.1. The summed E-state index contributed by atoms with van der Waals surface area (Å²) in [4.78, 5) is 6.83. The van der Waals surface area contributed by atoms with Crippen LogP contribution in [0, 0.1) is 5.41 Å². The fraction of sp³-hybridized carbons (Fsp3) is 0.167. The van der Waals surface area contributed by atoms with E-state index >= 15 is 0 Å². The van der Waals surface area contributed by atoms with Gasteiger partial charge in [-0.3, -0.25) is 15.6 Å². The third-order valence-electron chi connectivity index (χ3n) is 1.25. The normalized spacial score (nSPS) is 11.1.